The summed E-state index contributed by atoms with van der Waals surface area (Å²) < 4.78 is 11.2. The lowest BCUT2D eigenvalue weighted by Gasteiger charge is -2.44. The molecule has 0 aromatic rings. The molecule has 3 nitrogen and oxygen atoms in total. The van der Waals surface area contributed by atoms with E-state index in [1.807, 2.05) is 18.7 Å². The fourth-order valence-electron chi connectivity index (χ4n) is 3.05. The van der Waals surface area contributed by atoms with Crippen molar-refractivity contribution in [2.75, 3.05) is 20.0 Å². The van der Waals surface area contributed by atoms with Gasteiger partial charge < -0.3 is 14.8 Å². The number of ether oxygens (including phenoxy) is 2. The first-order valence-electron chi connectivity index (χ1n) is 6.71. The third-order valence-corrected chi connectivity index (χ3v) is 5.16. The standard InChI is InChI=1S/C13H25NO2S/c1-4-16-12-8-11(13(12)15-2)14-9-5-6-10(7-9)17-3/h9-14H,4-8H2,1-3H3. The van der Waals surface area contributed by atoms with Crippen LogP contribution in [0.4, 0.5) is 0 Å². The highest BCUT2D eigenvalue weighted by Gasteiger charge is 2.43. The summed E-state index contributed by atoms with van der Waals surface area (Å²) in [7, 11) is 1.80. The van der Waals surface area contributed by atoms with Crippen molar-refractivity contribution in [3.8, 4) is 0 Å². The zero-order chi connectivity index (χ0) is 12.3. The molecule has 2 rings (SSSR count). The van der Waals surface area contributed by atoms with Crippen molar-refractivity contribution in [3.63, 3.8) is 0 Å². The lowest BCUT2D eigenvalue weighted by molar-refractivity contribution is -0.133. The average molecular weight is 259 g/mol. The predicted octanol–water partition coefficient (Wildman–Crippen LogP) is 2.05. The van der Waals surface area contributed by atoms with Crippen molar-refractivity contribution in [2.24, 2.45) is 0 Å². The van der Waals surface area contributed by atoms with E-state index in [2.05, 4.69) is 11.6 Å². The molecule has 5 atom stereocenters. The molecule has 0 amide bonds. The molecule has 4 heteroatoms. The molecule has 2 saturated carbocycles. The number of hydrogen-bond acceptors (Lipinski definition) is 4. The highest BCUT2D eigenvalue weighted by molar-refractivity contribution is 7.99. The van der Waals surface area contributed by atoms with Crippen LogP contribution in [-0.2, 0) is 9.47 Å². The Morgan fingerprint density at radius 3 is 2.71 bits per heavy atom. The number of methoxy groups -OCH3 is 1. The van der Waals surface area contributed by atoms with Gasteiger partial charge in [0.25, 0.3) is 0 Å². The summed E-state index contributed by atoms with van der Waals surface area (Å²) in [6, 6.07) is 1.19. The van der Waals surface area contributed by atoms with E-state index < -0.39 is 0 Å². The molecule has 0 heterocycles. The molecule has 0 spiro atoms. The number of nitrogens with one attached hydrogen (secondary N) is 1. The summed E-state index contributed by atoms with van der Waals surface area (Å²) in [6.07, 6.45) is 7.87. The Hall–Kier alpha value is 0.230. The first-order valence-corrected chi connectivity index (χ1v) is 8.00. The van der Waals surface area contributed by atoms with Crippen molar-refractivity contribution in [2.45, 2.75) is 62.1 Å². The topological polar surface area (TPSA) is 30.5 Å². The van der Waals surface area contributed by atoms with Gasteiger partial charge in [0.15, 0.2) is 0 Å². The molecule has 2 aliphatic carbocycles. The van der Waals surface area contributed by atoms with Crippen LogP contribution in [0.15, 0.2) is 0 Å². The zero-order valence-electron chi connectivity index (χ0n) is 11.1. The summed E-state index contributed by atoms with van der Waals surface area (Å²) in [4.78, 5) is 0. The van der Waals surface area contributed by atoms with E-state index in [4.69, 9.17) is 9.47 Å². The largest absolute Gasteiger partial charge is 0.377 e. The molecule has 2 fully saturated rings. The molecule has 100 valence electrons. The Labute approximate surface area is 109 Å². The second-order valence-electron chi connectivity index (χ2n) is 5.07. The van der Waals surface area contributed by atoms with Gasteiger partial charge in [-0.1, -0.05) is 0 Å². The average Bonchev–Trinajstić information content (AvgIpc) is 2.76. The molecule has 0 bridgehead atoms. The first-order chi connectivity index (χ1) is 8.28. The molecule has 0 radical (unpaired) electrons. The molecular weight excluding hydrogens is 234 g/mol. The fraction of sp³-hybridized carbons (Fsp3) is 1.00. The van der Waals surface area contributed by atoms with E-state index in [1.165, 1.54) is 19.3 Å². The summed E-state index contributed by atoms with van der Waals surface area (Å²) in [6.45, 7) is 2.84. The highest BCUT2D eigenvalue weighted by Crippen LogP contribution is 2.32. The highest BCUT2D eigenvalue weighted by atomic mass is 32.2. The van der Waals surface area contributed by atoms with Gasteiger partial charge in [-0.2, -0.15) is 11.8 Å². The molecule has 5 unspecified atom stereocenters. The third kappa shape index (κ3) is 3.16. The minimum absolute atomic E-state index is 0.253. The van der Waals surface area contributed by atoms with E-state index in [-0.39, 0.29) is 6.10 Å². The minimum atomic E-state index is 0.253. The molecule has 0 aromatic carbocycles. The SMILES string of the molecule is CCOC1CC(NC2CCC(SC)C2)C1OC. The van der Waals surface area contributed by atoms with Crippen LogP contribution in [0.1, 0.15) is 32.6 Å². The Kier molecular flexibility index (Phi) is 5.15. The van der Waals surface area contributed by atoms with E-state index in [1.54, 1.807) is 7.11 Å². The Morgan fingerprint density at radius 1 is 1.29 bits per heavy atom. The Bertz CT molecular complexity index is 239. The molecule has 2 aliphatic rings. The minimum Gasteiger partial charge on any atom is -0.377 e. The fourth-order valence-corrected chi connectivity index (χ4v) is 3.84. The zero-order valence-corrected chi connectivity index (χ0v) is 12.0. The molecular formula is C13H25NO2S. The van der Waals surface area contributed by atoms with Gasteiger partial charge in [0.2, 0.25) is 0 Å². The van der Waals surface area contributed by atoms with Crippen LogP contribution in [0, 0.1) is 0 Å². The monoisotopic (exact) mass is 259 g/mol. The Morgan fingerprint density at radius 2 is 2.12 bits per heavy atom. The van der Waals surface area contributed by atoms with Gasteiger partial charge in [-0.3, -0.25) is 0 Å². The van der Waals surface area contributed by atoms with E-state index in [0.717, 1.165) is 18.3 Å². The van der Waals surface area contributed by atoms with Crippen LogP contribution in [0.5, 0.6) is 0 Å². The Balaban J connectivity index is 1.73. The van der Waals surface area contributed by atoms with Crippen LogP contribution < -0.4 is 5.32 Å². The predicted molar refractivity (Wildman–Crippen MR) is 72.7 cm³/mol. The quantitative estimate of drug-likeness (QED) is 0.791. The van der Waals surface area contributed by atoms with E-state index >= 15 is 0 Å². The summed E-state index contributed by atoms with van der Waals surface area (Å²) in [5, 5.41) is 4.61. The molecule has 0 saturated heterocycles. The van der Waals surface area contributed by atoms with Crippen molar-refractivity contribution in [3.05, 3.63) is 0 Å². The summed E-state index contributed by atoms with van der Waals surface area (Å²) >= 11 is 2.01. The van der Waals surface area contributed by atoms with Gasteiger partial charge in [-0.05, 0) is 38.9 Å². The maximum atomic E-state index is 5.65. The summed E-state index contributed by atoms with van der Waals surface area (Å²) in [5.41, 5.74) is 0. The number of thioether (sulfide) groups is 1. The summed E-state index contributed by atoms with van der Waals surface area (Å²) in [5.74, 6) is 0. The van der Waals surface area contributed by atoms with Crippen LogP contribution in [0.2, 0.25) is 0 Å². The van der Waals surface area contributed by atoms with Crippen LogP contribution in [-0.4, -0.2) is 49.5 Å². The van der Waals surface area contributed by atoms with Crippen molar-refractivity contribution in [1.29, 1.82) is 0 Å². The number of rotatable bonds is 6. The van der Waals surface area contributed by atoms with E-state index in [9.17, 15) is 0 Å². The van der Waals surface area contributed by atoms with Gasteiger partial charge in [0.1, 0.15) is 0 Å². The van der Waals surface area contributed by atoms with Crippen molar-refractivity contribution < 1.29 is 9.47 Å². The maximum absolute atomic E-state index is 5.65. The van der Waals surface area contributed by atoms with Gasteiger partial charge in [0, 0.05) is 31.1 Å². The van der Waals surface area contributed by atoms with Crippen LogP contribution >= 0.6 is 11.8 Å². The van der Waals surface area contributed by atoms with Crippen LogP contribution in [0.25, 0.3) is 0 Å². The van der Waals surface area contributed by atoms with Gasteiger partial charge in [0.05, 0.1) is 12.2 Å². The molecule has 0 aromatic heterocycles. The second-order valence-corrected chi connectivity index (χ2v) is 6.21. The van der Waals surface area contributed by atoms with Crippen molar-refractivity contribution >= 4 is 11.8 Å². The third-order valence-electron chi connectivity index (χ3n) is 4.07. The van der Waals surface area contributed by atoms with E-state index in [0.29, 0.717) is 18.2 Å². The normalized spacial score (nSPS) is 41.5. The van der Waals surface area contributed by atoms with Crippen LogP contribution in [0.3, 0.4) is 0 Å². The smallest absolute Gasteiger partial charge is 0.0986 e. The molecule has 0 aliphatic heterocycles. The van der Waals surface area contributed by atoms with Crippen molar-refractivity contribution in [1.82, 2.24) is 5.32 Å². The van der Waals surface area contributed by atoms with Gasteiger partial charge in [-0.25, -0.2) is 0 Å². The van der Waals surface area contributed by atoms with Gasteiger partial charge >= 0.3 is 0 Å². The maximum Gasteiger partial charge on any atom is 0.0986 e. The lowest BCUT2D eigenvalue weighted by atomic mass is 9.84. The second kappa shape index (κ2) is 6.41. The first kappa shape index (κ1) is 13.7. The molecule has 1 N–H and O–H groups in total. The molecule has 17 heavy (non-hydrogen) atoms. The van der Waals surface area contributed by atoms with Gasteiger partial charge in [-0.15, -0.1) is 0 Å². The lowest BCUT2D eigenvalue weighted by Crippen LogP contribution is -2.61. The number of hydrogen-bond donors (Lipinski definition) is 1.